The minimum Gasteiger partial charge on any atom is -0.378 e. The van der Waals surface area contributed by atoms with Crippen LogP contribution in [0.3, 0.4) is 0 Å². The van der Waals surface area contributed by atoms with Crippen LogP contribution in [0.2, 0.25) is 0 Å². The van der Waals surface area contributed by atoms with Gasteiger partial charge in [-0.15, -0.1) is 0 Å². The Hall–Kier alpha value is -2.26. The lowest BCUT2D eigenvalue weighted by Gasteiger charge is -2.28. The Bertz CT molecular complexity index is 489. The number of nitriles is 1. The zero-order valence-corrected chi connectivity index (χ0v) is 12.0. The van der Waals surface area contributed by atoms with Crippen LogP contribution in [0.25, 0.3) is 0 Å². The number of nitrogens with zero attached hydrogens (tertiary/aromatic N) is 2. The first kappa shape index (κ1) is 15.1. The van der Waals surface area contributed by atoms with Crippen LogP contribution >= 0.6 is 0 Å². The fourth-order valence-electron chi connectivity index (χ4n) is 2.11. The molecule has 0 unspecified atom stereocenters. The number of hydrogen-bond acceptors (Lipinski definition) is 5. The number of benzene rings is 1. The topological polar surface area (TPSA) is 77.4 Å². The first-order valence-corrected chi connectivity index (χ1v) is 7.10. The summed E-state index contributed by atoms with van der Waals surface area (Å²) in [5, 5.41) is 14.1. The fraction of sp³-hybridized carbons (Fsp3) is 0.467. The highest BCUT2D eigenvalue weighted by atomic mass is 16.5. The van der Waals surface area contributed by atoms with Gasteiger partial charge >= 0.3 is 0 Å². The van der Waals surface area contributed by atoms with E-state index in [1.165, 1.54) is 5.69 Å². The van der Waals surface area contributed by atoms with Crippen molar-refractivity contribution in [2.45, 2.75) is 6.42 Å². The Morgan fingerprint density at radius 1 is 1.29 bits per heavy atom. The molecular weight excluding hydrogens is 268 g/mol. The van der Waals surface area contributed by atoms with Gasteiger partial charge in [0.25, 0.3) is 0 Å². The van der Waals surface area contributed by atoms with Gasteiger partial charge in [-0.3, -0.25) is 4.79 Å². The molecular formula is C15H20N4O2. The van der Waals surface area contributed by atoms with Gasteiger partial charge < -0.3 is 20.3 Å². The van der Waals surface area contributed by atoms with Crippen LogP contribution in [0.4, 0.5) is 11.4 Å². The Balaban J connectivity index is 1.77. The summed E-state index contributed by atoms with van der Waals surface area (Å²) < 4.78 is 5.33. The summed E-state index contributed by atoms with van der Waals surface area (Å²) in [6.45, 7) is 3.96. The quantitative estimate of drug-likeness (QED) is 0.763. The average molecular weight is 288 g/mol. The number of ether oxygens (including phenoxy) is 1. The summed E-state index contributed by atoms with van der Waals surface area (Å²) >= 11 is 0. The summed E-state index contributed by atoms with van der Waals surface area (Å²) in [6.07, 6.45) is 0.333. The number of amides is 1. The van der Waals surface area contributed by atoms with Crippen molar-refractivity contribution in [1.29, 1.82) is 5.26 Å². The highest BCUT2D eigenvalue weighted by Gasteiger charge is 2.10. The van der Waals surface area contributed by atoms with E-state index >= 15 is 0 Å². The normalized spacial score (nSPS) is 14.3. The van der Waals surface area contributed by atoms with Gasteiger partial charge in [0.1, 0.15) is 0 Å². The van der Waals surface area contributed by atoms with E-state index < -0.39 is 0 Å². The molecule has 1 fully saturated rings. The smallest absolute Gasteiger partial charge is 0.239 e. The minimum absolute atomic E-state index is 0.109. The molecule has 21 heavy (non-hydrogen) atoms. The van der Waals surface area contributed by atoms with Gasteiger partial charge in [0.2, 0.25) is 5.91 Å². The summed E-state index contributed by atoms with van der Waals surface area (Å²) in [7, 11) is 0. The lowest BCUT2D eigenvalue weighted by molar-refractivity contribution is -0.119. The minimum atomic E-state index is -0.109. The zero-order valence-electron chi connectivity index (χ0n) is 12.0. The second kappa shape index (κ2) is 8.12. The van der Waals surface area contributed by atoms with Crippen LogP contribution in [-0.4, -0.2) is 45.3 Å². The molecule has 6 heteroatoms. The van der Waals surface area contributed by atoms with E-state index in [0.29, 0.717) is 13.0 Å². The first-order chi connectivity index (χ1) is 10.3. The van der Waals surface area contributed by atoms with Crippen LogP contribution in [0, 0.1) is 11.3 Å². The molecule has 1 saturated heterocycles. The van der Waals surface area contributed by atoms with E-state index in [2.05, 4.69) is 15.5 Å². The molecule has 0 aliphatic carbocycles. The summed E-state index contributed by atoms with van der Waals surface area (Å²) in [6, 6.07) is 10.0. The number of morpholine rings is 1. The van der Waals surface area contributed by atoms with Crippen LogP contribution in [-0.2, 0) is 9.53 Å². The third-order valence-corrected chi connectivity index (χ3v) is 3.26. The number of hydrogen-bond donors (Lipinski definition) is 2. The maximum atomic E-state index is 11.5. The molecule has 1 aliphatic heterocycles. The maximum absolute atomic E-state index is 11.5. The Kier molecular flexibility index (Phi) is 5.85. The second-order valence-electron chi connectivity index (χ2n) is 4.76. The lowest BCUT2D eigenvalue weighted by Crippen LogP contribution is -2.36. The molecule has 0 bridgehead atoms. The molecule has 0 atom stereocenters. The van der Waals surface area contributed by atoms with E-state index in [1.54, 1.807) is 0 Å². The number of carbonyl (C=O) groups is 1. The average Bonchev–Trinajstić information content (AvgIpc) is 2.54. The van der Waals surface area contributed by atoms with Crippen molar-refractivity contribution in [2.75, 3.05) is 49.6 Å². The monoisotopic (exact) mass is 288 g/mol. The van der Waals surface area contributed by atoms with Gasteiger partial charge in [-0.05, 0) is 24.3 Å². The highest BCUT2D eigenvalue weighted by Crippen LogP contribution is 2.18. The van der Waals surface area contributed by atoms with E-state index in [0.717, 1.165) is 32.0 Å². The van der Waals surface area contributed by atoms with Crippen molar-refractivity contribution in [3.8, 4) is 6.07 Å². The van der Waals surface area contributed by atoms with Crippen LogP contribution in [0.5, 0.6) is 0 Å². The molecule has 2 N–H and O–H groups in total. The molecule has 1 amide bonds. The number of anilines is 2. The third-order valence-electron chi connectivity index (χ3n) is 3.26. The molecule has 112 valence electrons. The molecule has 1 aromatic rings. The first-order valence-electron chi connectivity index (χ1n) is 7.10. The fourth-order valence-corrected chi connectivity index (χ4v) is 2.11. The summed E-state index contributed by atoms with van der Waals surface area (Å²) in [4.78, 5) is 13.8. The number of carbonyl (C=O) groups excluding carboxylic acids is 1. The summed E-state index contributed by atoms with van der Waals surface area (Å²) in [5.74, 6) is -0.109. The highest BCUT2D eigenvalue weighted by molar-refractivity contribution is 5.80. The van der Waals surface area contributed by atoms with Crippen molar-refractivity contribution < 1.29 is 9.53 Å². The Labute approximate surface area is 124 Å². The molecule has 1 aromatic carbocycles. The van der Waals surface area contributed by atoms with Crippen LogP contribution in [0.15, 0.2) is 24.3 Å². The molecule has 0 radical (unpaired) electrons. The predicted octanol–water partition coefficient (Wildman–Crippen LogP) is 0.965. The van der Waals surface area contributed by atoms with E-state index in [9.17, 15) is 4.79 Å². The van der Waals surface area contributed by atoms with Crippen LogP contribution in [0.1, 0.15) is 6.42 Å². The van der Waals surface area contributed by atoms with Crippen molar-refractivity contribution in [1.82, 2.24) is 5.32 Å². The second-order valence-corrected chi connectivity index (χ2v) is 4.76. The van der Waals surface area contributed by atoms with E-state index in [1.807, 2.05) is 30.3 Å². The molecule has 6 nitrogen and oxygen atoms in total. The van der Waals surface area contributed by atoms with Crippen molar-refractivity contribution >= 4 is 17.3 Å². The Morgan fingerprint density at radius 3 is 2.67 bits per heavy atom. The largest absolute Gasteiger partial charge is 0.378 e. The molecule has 0 aromatic heterocycles. The van der Waals surface area contributed by atoms with Gasteiger partial charge in [0, 0.05) is 31.0 Å². The molecule has 0 saturated carbocycles. The van der Waals surface area contributed by atoms with Crippen molar-refractivity contribution in [3.05, 3.63) is 24.3 Å². The number of rotatable bonds is 6. The standard InChI is InChI=1S/C15H20N4O2/c16-6-1-7-17-15(20)12-18-13-2-4-14(5-3-13)19-8-10-21-11-9-19/h2-5,18H,1,7-12H2,(H,17,20). The maximum Gasteiger partial charge on any atom is 0.239 e. The van der Waals surface area contributed by atoms with E-state index in [-0.39, 0.29) is 12.5 Å². The van der Waals surface area contributed by atoms with Gasteiger partial charge in [-0.2, -0.15) is 5.26 Å². The zero-order chi connectivity index (χ0) is 14.9. The summed E-state index contributed by atoms with van der Waals surface area (Å²) in [5.41, 5.74) is 2.07. The van der Waals surface area contributed by atoms with Gasteiger partial charge in [-0.25, -0.2) is 0 Å². The third kappa shape index (κ3) is 4.97. The lowest BCUT2D eigenvalue weighted by atomic mass is 10.2. The Morgan fingerprint density at radius 2 is 2.00 bits per heavy atom. The van der Waals surface area contributed by atoms with E-state index in [4.69, 9.17) is 10.00 Å². The van der Waals surface area contributed by atoms with Crippen LogP contribution < -0.4 is 15.5 Å². The molecule has 1 heterocycles. The van der Waals surface area contributed by atoms with Gasteiger partial charge in [-0.1, -0.05) is 0 Å². The number of nitrogens with one attached hydrogen (secondary N) is 2. The molecule has 2 rings (SSSR count). The molecule has 0 spiro atoms. The van der Waals surface area contributed by atoms with Gasteiger partial charge in [0.15, 0.2) is 0 Å². The van der Waals surface area contributed by atoms with Crippen molar-refractivity contribution in [3.63, 3.8) is 0 Å². The van der Waals surface area contributed by atoms with Crippen molar-refractivity contribution in [2.24, 2.45) is 0 Å². The predicted molar refractivity (Wildman–Crippen MR) is 81.2 cm³/mol. The SMILES string of the molecule is N#CCCNC(=O)CNc1ccc(N2CCOCC2)cc1. The van der Waals surface area contributed by atoms with Gasteiger partial charge in [0.05, 0.1) is 32.2 Å². The molecule has 1 aliphatic rings.